The molecular weight excluding hydrogens is 444 g/mol. The molecule has 6 heteroatoms. The molecule has 0 heterocycles. The number of rotatable bonds is 19. The summed E-state index contributed by atoms with van der Waals surface area (Å²) in [5, 5.41) is 0. The molecule has 0 saturated carbocycles. The Kier molecular flexibility index (Phi) is 14.6. The molecule has 0 spiro atoms. The van der Waals surface area contributed by atoms with E-state index in [2.05, 4.69) is 20.8 Å². The van der Waals surface area contributed by atoms with E-state index in [1.54, 1.807) is 12.1 Å². The highest BCUT2D eigenvalue weighted by Crippen LogP contribution is 2.32. The van der Waals surface area contributed by atoms with Crippen LogP contribution in [0.2, 0.25) is 0 Å². The smallest absolute Gasteiger partial charge is 0.338 e. The number of ether oxygens (including phenoxy) is 5. The summed E-state index contributed by atoms with van der Waals surface area (Å²) in [7, 11) is 0. The summed E-state index contributed by atoms with van der Waals surface area (Å²) in [6.45, 7) is 10.0. The first-order chi connectivity index (χ1) is 17.2. The van der Waals surface area contributed by atoms with Crippen molar-refractivity contribution in [2.45, 2.75) is 59.3 Å². The zero-order valence-electron chi connectivity index (χ0n) is 21.7. The van der Waals surface area contributed by atoms with Crippen LogP contribution in [0.15, 0.2) is 42.5 Å². The molecule has 0 N–H and O–H groups in total. The molecule has 0 aliphatic rings. The van der Waals surface area contributed by atoms with Gasteiger partial charge in [-0.25, -0.2) is 4.79 Å². The molecule has 0 aliphatic carbocycles. The van der Waals surface area contributed by atoms with Crippen LogP contribution < -0.4 is 9.47 Å². The summed E-state index contributed by atoms with van der Waals surface area (Å²) in [6, 6.07) is 13.3. The lowest BCUT2D eigenvalue weighted by molar-refractivity contribution is 0.0313. The van der Waals surface area contributed by atoms with E-state index in [4.69, 9.17) is 23.7 Å². The fraction of sp³-hybridized carbons (Fsp3) is 0.552. The number of benzene rings is 2. The van der Waals surface area contributed by atoms with Gasteiger partial charge in [0.2, 0.25) is 0 Å². The lowest BCUT2D eigenvalue weighted by Crippen LogP contribution is -2.12. The average molecular weight is 487 g/mol. The summed E-state index contributed by atoms with van der Waals surface area (Å²) >= 11 is 0. The second-order valence-electron chi connectivity index (χ2n) is 8.35. The molecule has 2 rings (SSSR count). The highest BCUT2D eigenvalue weighted by Gasteiger charge is 2.14. The minimum absolute atomic E-state index is 0.227. The predicted molar refractivity (Wildman–Crippen MR) is 140 cm³/mol. The zero-order chi connectivity index (χ0) is 25.1. The Hall–Kier alpha value is -2.57. The van der Waals surface area contributed by atoms with Gasteiger partial charge in [-0.15, -0.1) is 0 Å². The van der Waals surface area contributed by atoms with Crippen molar-refractivity contribution in [2.75, 3.05) is 46.2 Å². The number of esters is 1. The van der Waals surface area contributed by atoms with Crippen LogP contribution in [-0.2, 0) is 14.2 Å². The van der Waals surface area contributed by atoms with Gasteiger partial charge in [0.1, 0.15) is 24.7 Å². The van der Waals surface area contributed by atoms with Gasteiger partial charge in [-0.1, -0.05) is 52.2 Å². The standard InChI is InChI=1S/C29H42O6/c1-4-7-16-31-19-21-34-28-23-25(29(30)35-22-20-32-17-8-5-2)12-15-27(28)24-10-13-26(14-11-24)33-18-9-6-3/h10-15,23H,4-9,16-22H2,1-3H3. The SMILES string of the molecule is CCCCOCCOC(=O)c1ccc(-c2ccc(OCCCC)cc2)c(OCCOCCCC)c1. The molecule has 0 bridgehead atoms. The average Bonchev–Trinajstić information content (AvgIpc) is 2.88. The lowest BCUT2D eigenvalue weighted by Gasteiger charge is -2.14. The maximum atomic E-state index is 12.6. The molecule has 6 nitrogen and oxygen atoms in total. The minimum atomic E-state index is -0.389. The summed E-state index contributed by atoms with van der Waals surface area (Å²) in [5.74, 6) is 1.08. The van der Waals surface area contributed by atoms with Crippen LogP contribution in [0.1, 0.15) is 69.7 Å². The van der Waals surface area contributed by atoms with Crippen LogP contribution in [0, 0.1) is 0 Å². The molecule has 0 atom stereocenters. The first-order valence-corrected chi connectivity index (χ1v) is 13.0. The number of unbranched alkanes of at least 4 members (excludes halogenated alkanes) is 3. The van der Waals surface area contributed by atoms with Crippen LogP contribution in [0.3, 0.4) is 0 Å². The van der Waals surface area contributed by atoms with E-state index in [0.717, 1.165) is 62.0 Å². The highest BCUT2D eigenvalue weighted by molar-refractivity contribution is 5.91. The quantitative estimate of drug-likeness (QED) is 0.163. The normalized spacial score (nSPS) is 10.8. The van der Waals surface area contributed by atoms with Crippen molar-refractivity contribution in [3.05, 3.63) is 48.0 Å². The summed E-state index contributed by atoms with van der Waals surface area (Å²) < 4.78 is 28.3. The van der Waals surface area contributed by atoms with Crippen molar-refractivity contribution in [2.24, 2.45) is 0 Å². The molecule has 0 radical (unpaired) electrons. The van der Waals surface area contributed by atoms with E-state index >= 15 is 0 Å². The van der Waals surface area contributed by atoms with Gasteiger partial charge in [0.25, 0.3) is 0 Å². The van der Waals surface area contributed by atoms with E-state index in [-0.39, 0.29) is 12.6 Å². The topological polar surface area (TPSA) is 63.2 Å². The largest absolute Gasteiger partial charge is 0.494 e. The molecule has 0 unspecified atom stereocenters. The maximum absolute atomic E-state index is 12.6. The van der Waals surface area contributed by atoms with E-state index in [1.165, 1.54) is 0 Å². The van der Waals surface area contributed by atoms with Crippen LogP contribution in [0.5, 0.6) is 11.5 Å². The van der Waals surface area contributed by atoms with Crippen molar-refractivity contribution in [3.63, 3.8) is 0 Å². The third kappa shape index (κ3) is 11.1. The zero-order valence-corrected chi connectivity index (χ0v) is 21.7. The number of carbonyl (C=O) groups excluding carboxylic acids is 1. The summed E-state index contributed by atoms with van der Waals surface area (Å²) in [6.07, 6.45) is 6.33. The third-order valence-corrected chi connectivity index (χ3v) is 5.38. The van der Waals surface area contributed by atoms with Crippen LogP contribution in [0.25, 0.3) is 11.1 Å². The predicted octanol–water partition coefficient (Wildman–Crippen LogP) is 6.70. The molecule has 194 valence electrons. The first-order valence-electron chi connectivity index (χ1n) is 13.0. The van der Waals surface area contributed by atoms with E-state index < -0.39 is 0 Å². The van der Waals surface area contributed by atoms with E-state index in [1.807, 2.05) is 30.3 Å². The minimum Gasteiger partial charge on any atom is -0.494 e. The fourth-order valence-electron chi connectivity index (χ4n) is 3.26. The monoisotopic (exact) mass is 486 g/mol. The maximum Gasteiger partial charge on any atom is 0.338 e. The van der Waals surface area contributed by atoms with Gasteiger partial charge in [0.05, 0.1) is 25.4 Å². The Morgan fingerprint density at radius 3 is 1.94 bits per heavy atom. The van der Waals surface area contributed by atoms with Gasteiger partial charge in [-0.2, -0.15) is 0 Å². The molecule has 2 aromatic carbocycles. The van der Waals surface area contributed by atoms with Gasteiger partial charge in [-0.3, -0.25) is 0 Å². The summed E-state index contributed by atoms with van der Waals surface area (Å²) in [4.78, 5) is 12.6. The second-order valence-corrected chi connectivity index (χ2v) is 8.35. The van der Waals surface area contributed by atoms with Crippen LogP contribution >= 0.6 is 0 Å². The van der Waals surface area contributed by atoms with Gasteiger partial charge in [0, 0.05) is 18.8 Å². The molecule has 2 aromatic rings. The van der Waals surface area contributed by atoms with Crippen LogP contribution in [0.4, 0.5) is 0 Å². The second kappa shape index (κ2) is 17.8. The molecule has 0 fully saturated rings. The molecule has 35 heavy (non-hydrogen) atoms. The Morgan fingerprint density at radius 2 is 1.29 bits per heavy atom. The van der Waals surface area contributed by atoms with Crippen molar-refractivity contribution >= 4 is 5.97 Å². The fourth-order valence-corrected chi connectivity index (χ4v) is 3.26. The molecule has 0 amide bonds. The lowest BCUT2D eigenvalue weighted by atomic mass is 10.0. The number of hydrogen-bond donors (Lipinski definition) is 0. The van der Waals surface area contributed by atoms with Crippen molar-refractivity contribution in [3.8, 4) is 22.6 Å². The van der Waals surface area contributed by atoms with E-state index in [0.29, 0.717) is 44.3 Å². The Morgan fingerprint density at radius 1 is 0.657 bits per heavy atom. The number of hydrogen-bond acceptors (Lipinski definition) is 6. The van der Waals surface area contributed by atoms with Gasteiger partial charge < -0.3 is 23.7 Å². The third-order valence-electron chi connectivity index (χ3n) is 5.38. The van der Waals surface area contributed by atoms with Crippen molar-refractivity contribution in [1.29, 1.82) is 0 Å². The van der Waals surface area contributed by atoms with E-state index in [9.17, 15) is 4.79 Å². The number of carbonyl (C=O) groups is 1. The molecule has 0 aromatic heterocycles. The van der Waals surface area contributed by atoms with Gasteiger partial charge in [0.15, 0.2) is 0 Å². The highest BCUT2D eigenvalue weighted by atomic mass is 16.6. The molecule has 0 aliphatic heterocycles. The van der Waals surface area contributed by atoms with Crippen molar-refractivity contribution < 1.29 is 28.5 Å². The molecular formula is C29H42O6. The molecule has 0 saturated heterocycles. The van der Waals surface area contributed by atoms with Crippen molar-refractivity contribution in [1.82, 2.24) is 0 Å². The Balaban J connectivity index is 2.06. The van der Waals surface area contributed by atoms with Crippen LogP contribution in [-0.4, -0.2) is 52.2 Å². The Bertz CT molecular complexity index is 834. The Labute approximate surface area is 210 Å². The van der Waals surface area contributed by atoms with Gasteiger partial charge >= 0.3 is 5.97 Å². The summed E-state index contributed by atoms with van der Waals surface area (Å²) in [5.41, 5.74) is 2.33. The van der Waals surface area contributed by atoms with Gasteiger partial charge in [-0.05, 0) is 55.2 Å². The first kappa shape index (κ1) is 28.7.